The van der Waals surface area contributed by atoms with Gasteiger partial charge in [0.25, 0.3) is 0 Å². The number of hydrogen-bond acceptors (Lipinski definition) is 11. The lowest BCUT2D eigenvalue weighted by Crippen LogP contribution is -2.24. The normalized spacial score (nSPS) is 23.3. The molecular weight excluding hydrogens is 554 g/mol. The van der Waals surface area contributed by atoms with Crippen LogP contribution in [0.3, 0.4) is 0 Å². The first-order valence-electron chi connectivity index (χ1n) is 11.9. The Kier molecular flexibility index (Phi) is 7.78. The van der Waals surface area contributed by atoms with Crippen molar-refractivity contribution < 1.29 is 27.2 Å². The van der Waals surface area contributed by atoms with E-state index in [2.05, 4.69) is 24.5 Å². The number of nitrogens with two attached hydrogens (primary N) is 1. The number of thiophene rings is 1. The van der Waals surface area contributed by atoms with Crippen LogP contribution in [0.15, 0.2) is 30.9 Å². The molecule has 0 saturated heterocycles. The molecule has 14 heteroatoms. The summed E-state index contributed by atoms with van der Waals surface area (Å²) in [5.74, 6) is -0.347. The lowest BCUT2D eigenvalue weighted by atomic mass is 9.94. The highest BCUT2D eigenvalue weighted by Gasteiger charge is 2.35. The highest BCUT2D eigenvalue weighted by molar-refractivity contribution is 7.84. The monoisotopic (exact) mass is 579 g/mol. The van der Waals surface area contributed by atoms with Crippen molar-refractivity contribution in [1.82, 2.24) is 15.0 Å². The van der Waals surface area contributed by atoms with Crippen LogP contribution in [-0.4, -0.2) is 59.6 Å². The molecule has 4 atom stereocenters. The average Bonchev–Trinajstić information content (AvgIpc) is 3.43. The molecule has 0 amide bonds. The number of pyridine rings is 1. The molecule has 11 nitrogen and oxygen atoms in total. The molecule has 1 fully saturated rings. The number of ketones is 1. The number of carbonyl (C=O) groups excluding carboxylic acids is 1. The van der Waals surface area contributed by atoms with E-state index in [1.165, 1.54) is 23.9 Å². The summed E-state index contributed by atoms with van der Waals surface area (Å²) in [6.07, 6.45) is 4.90. The number of ether oxygens (including phenoxy) is 1. The highest BCUT2D eigenvalue weighted by Crippen LogP contribution is 2.39. The zero-order valence-corrected chi connectivity index (χ0v) is 22.7. The Bertz CT molecular complexity index is 1470. The number of nitrogens with one attached hydrogen (secondary N) is 1. The first kappa shape index (κ1) is 27.1. The highest BCUT2D eigenvalue weighted by atomic mass is 35.5. The standard InChI is InChI=1S/C24H26ClN5O6S2/c1-12-16(23-17-7-21(25)28-8-13(17)2-3-35-23)6-20(37-12)22(32)18-9-27-11-29-24(18)30-15-4-14(19(31)5-15)10-36-38(26,33)34/h6-9,11,14-15,19,23,31H,2-5,10H2,1H3,(H2,26,33,34)(H,27,29,30)/t14-,15-,19+,23-/m1/s1. The summed E-state index contributed by atoms with van der Waals surface area (Å²) in [5, 5.41) is 18.9. The zero-order chi connectivity index (χ0) is 27.0. The molecule has 1 aliphatic heterocycles. The summed E-state index contributed by atoms with van der Waals surface area (Å²) < 4.78 is 33.0. The number of anilines is 1. The van der Waals surface area contributed by atoms with Crippen molar-refractivity contribution in [2.75, 3.05) is 18.5 Å². The van der Waals surface area contributed by atoms with Gasteiger partial charge in [0, 0.05) is 29.2 Å². The van der Waals surface area contributed by atoms with E-state index in [1.54, 1.807) is 6.20 Å². The fourth-order valence-electron chi connectivity index (χ4n) is 4.95. The predicted octanol–water partition coefficient (Wildman–Crippen LogP) is 2.56. The van der Waals surface area contributed by atoms with Crippen LogP contribution in [0.1, 0.15) is 55.7 Å². The van der Waals surface area contributed by atoms with Gasteiger partial charge in [0.15, 0.2) is 0 Å². The van der Waals surface area contributed by atoms with Crippen LogP contribution in [0.2, 0.25) is 5.15 Å². The van der Waals surface area contributed by atoms with Crippen molar-refractivity contribution in [2.24, 2.45) is 11.1 Å². The van der Waals surface area contributed by atoms with Crippen molar-refractivity contribution >= 4 is 44.8 Å². The van der Waals surface area contributed by atoms with Gasteiger partial charge in [-0.2, -0.15) is 8.42 Å². The summed E-state index contributed by atoms with van der Waals surface area (Å²) >= 11 is 7.52. The maximum Gasteiger partial charge on any atom is 0.333 e. The van der Waals surface area contributed by atoms with E-state index < -0.39 is 22.3 Å². The molecule has 202 valence electrons. The van der Waals surface area contributed by atoms with Gasteiger partial charge in [-0.25, -0.2) is 20.1 Å². The summed E-state index contributed by atoms with van der Waals surface area (Å²) in [6, 6.07) is 3.39. The fourth-order valence-corrected chi connectivity index (χ4v) is 6.48. The van der Waals surface area contributed by atoms with E-state index in [1.807, 2.05) is 19.1 Å². The first-order valence-corrected chi connectivity index (χ1v) is 14.6. The molecule has 0 bridgehead atoms. The van der Waals surface area contributed by atoms with E-state index in [9.17, 15) is 18.3 Å². The summed E-state index contributed by atoms with van der Waals surface area (Å²) in [7, 11) is -4.10. The van der Waals surface area contributed by atoms with Gasteiger partial charge in [-0.05, 0) is 55.0 Å². The Morgan fingerprint density at radius 3 is 2.89 bits per heavy atom. The number of rotatable bonds is 8. The largest absolute Gasteiger partial charge is 0.393 e. The number of halogens is 1. The molecule has 5 rings (SSSR count). The molecule has 38 heavy (non-hydrogen) atoms. The molecule has 0 unspecified atom stereocenters. The number of aromatic nitrogens is 3. The molecule has 4 heterocycles. The van der Waals surface area contributed by atoms with Crippen molar-refractivity contribution in [3.63, 3.8) is 0 Å². The second kappa shape index (κ2) is 10.9. The molecule has 4 N–H and O–H groups in total. The minimum Gasteiger partial charge on any atom is -0.393 e. The summed E-state index contributed by atoms with van der Waals surface area (Å²) in [4.78, 5) is 27.6. The molecule has 3 aromatic rings. The van der Waals surface area contributed by atoms with Crippen LogP contribution in [0.25, 0.3) is 0 Å². The van der Waals surface area contributed by atoms with Gasteiger partial charge in [0.2, 0.25) is 5.78 Å². The van der Waals surface area contributed by atoms with E-state index >= 15 is 0 Å². The maximum absolute atomic E-state index is 13.6. The summed E-state index contributed by atoms with van der Waals surface area (Å²) in [6.45, 7) is 2.26. The zero-order valence-electron chi connectivity index (χ0n) is 20.3. The Balaban J connectivity index is 1.35. The first-order chi connectivity index (χ1) is 18.1. The Morgan fingerprint density at radius 2 is 2.11 bits per heavy atom. The van der Waals surface area contributed by atoms with Crippen LogP contribution >= 0.6 is 22.9 Å². The Labute approximate surface area is 228 Å². The van der Waals surface area contributed by atoms with Gasteiger partial charge in [0.1, 0.15) is 23.4 Å². The SMILES string of the molecule is Cc1sc(C(=O)c2cncnc2N[C@@H]2C[C@H](COS(N)(=O)=O)[C@@H](O)C2)cc1[C@H]1OCCc2cnc(Cl)cc21. The number of nitrogens with zero attached hydrogens (tertiary/aromatic N) is 3. The number of fused-ring (bicyclic) bond motifs is 1. The second-order valence-corrected chi connectivity index (χ2v) is 12.2. The van der Waals surface area contributed by atoms with Gasteiger partial charge >= 0.3 is 10.3 Å². The molecular formula is C24H26ClN5O6S2. The van der Waals surface area contributed by atoms with Crippen molar-refractivity contribution in [3.05, 3.63) is 68.0 Å². The lowest BCUT2D eigenvalue weighted by molar-refractivity contribution is 0.0695. The van der Waals surface area contributed by atoms with E-state index in [0.717, 1.165) is 28.0 Å². The third-order valence-corrected chi connectivity index (χ3v) is 8.53. The topological polar surface area (TPSA) is 167 Å². The Hall–Kier alpha value is -2.52. The number of carbonyl (C=O) groups is 1. The molecule has 0 aromatic carbocycles. The molecule has 1 aliphatic carbocycles. The van der Waals surface area contributed by atoms with Gasteiger partial charge in [0.05, 0.1) is 29.8 Å². The number of hydrogen-bond donors (Lipinski definition) is 3. The lowest BCUT2D eigenvalue weighted by Gasteiger charge is -2.26. The smallest absolute Gasteiger partial charge is 0.333 e. The molecule has 3 aromatic heterocycles. The van der Waals surface area contributed by atoms with Gasteiger partial charge in [-0.3, -0.25) is 8.98 Å². The predicted molar refractivity (Wildman–Crippen MR) is 140 cm³/mol. The van der Waals surface area contributed by atoms with Crippen molar-refractivity contribution in [2.45, 2.75) is 44.4 Å². The van der Waals surface area contributed by atoms with E-state index in [-0.39, 0.29) is 30.1 Å². The number of aliphatic hydroxyl groups is 1. The van der Waals surface area contributed by atoms with E-state index in [0.29, 0.717) is 35.3 Å². The molecule has 2 aliphatic rings. The minimum absolute atomic E-state index is 0.224. The molecule has 1 saturated carbocycles. The van der Waals surface area contributed by atoms with Gasteiger partial charge < -0.3 is 15.2 Å². The number of aliphatic hydroxyl groups excluding tert-OH is 1. The average molecular weight is 580 g/mol. The van der Waals surface area contributed by atoms with Crippen LogP contribution < -0.4 is 10.5 Å². The molecule has 0 radical (unpaired) electrons. The van der Waals surface area contributed by atoms with Crippen LogP contribution in [-0.2, 0) is 25.6 Å². The van der Waals surface area contributed by atoms with Crippen molar-refractivity contribution in [1.29, 1.82) is 0 Å². The minimum atomic E-state index is -4.10. The van der Waals surface area contributed by atoms with Crippen LogP contribution in [0, 0.1) is 12.8 Å². The van der Waals surface area contributed by atoms with Gasteiger partial charge in [-0.15, -0.1) is 11.3 Å². The van der Waals surface area contributed by atoms with Crippen LogP contribution in [0.5, 0.6) is 0 Å². The molecule has 0 spiro atoms. The van der Waals surface area contributed by atoms with E-state index in [4.69, 9.17) is 21.5 Å². The number of aryl methyl sites for hydroxylation is 1. The van der Waals surface area contributed by atoms with Gasteiger partial charge in [-0.1, -0.05) is 11.6 Å². The second-order valence-electron chi connectivity index (χ2n) is 9.36. The Morgan fingerprint density at radius 1 is 1.29 bits per heavy atom. The summed E-state index contributed by atoms with van der Waals surface area (Å²) in [5.41, 5.74) is 3.20. The van der Waals surface area contributed by atoms with Crippen LogP contribution in [0.4, 0.5) is 5.82 Å². The third-order valence-electron chi connectivity index (χ3n) is 6.79. The third kappa shape index (κ3) is 5.88. The van der Waals surface area contributed by atoms with Crippen molar-refractivity contribution in [3.8, 4) is 0 Å². The quantitative estimate of drug-likeness (QED) is 0.266. The maximum atomic E-state index is 13.6. The fraction of sp³-hybridized carbons (Fsp3) is 0.417.